The van der Waals surface area contributed by atoms with Crippen molar-refractivity contribution in [2.75, 3.05) is 4.72 Å². The Labute approximate surface area is 137 Å². The van der Waals surface area contributed by atoms with Gasteiger partial charge in [-0.15, -0.1) is 0 Å². The van der Waals surface area contributed by atoms with Crippen LogP contribution in [0.1, 0.15) is 35.2 Å². The first-order valence-electron chi connectivity index (χ1n) is 7.45. The Bertz CT molecular complexity index is 873. The highest BCUT2D eigenvalue weighted by atomic mass is 32.2. The molecular weight excluding hydrogens is 343 g/mol. The molecule has 0 saturated carbocycles. The zero-order valence-corrected chi connectivity index (χ0v) is 13.7. The number of sulfonamides is 1. The molecule has 0 bridgehead atoms. The first-order chi connectivity index (χ1) is 11.2. The summed E-state index contributed by atoms with van der Waals surface area (Å²) in [6, 6.07) is 4.82. The average molecular weight is 359 g/mol. The summed E-state index contributed by atoms with van der Waals surface area (Å²) in [6.07, 6.45) is -0.831. The molecule has 3 rings (SSSR count). The topological polar surface area (TPSA) is 74.8 Å². The lowest BCUT2D eigenvalue weighted by Gasteiger charge is -2.16. The molecule has 1 aromatic heterocycles. The standard InChI is InChI=1S/C15H16F3N3O2S/c1-9-13(15(16,17)18)19-20-14(9)21-24(22,23)12-7-6-10-4-2-3-5-11(10)8-12/h6-8H,2-5H2,1H3,(H2,19,20,21). The van der Waals surface area contributed by atoms with Crippen LogP contribution in [0, 0.1) is 6.92 Å². The van der Waals surface area contributed by atoms with Gasteiger partial charge < -0.3 is 0 Å². The van der Waals surface area contributed by atoms with Crippen LogP contribution in [0.5, 0.6) is 0 Å². The molecule has 0 saturated heterocycles. The Morgan fingerprint density at radius 2 is 1.83 bits per heavy atom. The number of anilines is 1. The number of rotatable bonds is 3. The fourth-order valence-corrected chi connectivity index (χ4v) is 3.95. The molecule has 2 aromatic rings. The van der Waals surface area contributed by atoms with Gasteiger partial charge in [-0.1, -0.05) is 6.07 Å². The van der Waals surface area contributed by atoms with Crippen LogP contribution in [0.25, 0.3) is 0 Å². The molecule has 0 atom stereocenters. The van der Waals surface area contributed by atoms with E-state index in [0.29, 0.717) is 0 Å². The molecule has 1 aromatic carbocycles. The number of hydrogen-bond donors (Lipinski definition) is 2. The predicted molar refractivity (Wildman–Crippen MR) is 82.2 cm³/mol. The summed E-state index contributed by atoms with van der Waals surface area (Å²) < 4.78 is 65.3. The van der Waals surface area contributed by atoms with Crippen molar-refractivity contribution in [3.05, 3.63) is 40.6 Å². The molecule has 1 aliphatic carbocycles. The minimum Gasteiger partial charge on any atom is -0.271 e. The Kier molecular flexibility index (Phi) is 4.06. The van der Waals surface area contributed by atoms with Crippen molar-refractivity contribution in [3.8, 4) is 0 Å². The Balaban J connectivity index is 1.91. The van der Waals surface area contributed by atoms with Crippen molar-refractivity contribution < 1.29 is 21.6 Å². The van der Waals surface area contributed by atoms with E-state index in [0.717, 1.165) is 43.7 Å². The van der Waals surface area contributed by atoms with E-state index < -0.39 is 21.9 Å². The van der Waals surface area contributed by atoms with Gasteiger partial charge in [-0.05, 0) is 55.9 Å². The van der Waals surface area contributed by atoms with E-state index >= 15 is 0 Å². The minimum atomic E-state index is -4.62. The van der Waals surface area contributed by atoms with Crippen LogP contribution in [0.15, 0.2) is 23.1 Å². The highest BCUT2D eigenvalue weighted by molar-refractivity contribution is 7.92. The minimum absolute atomic E-state index is 0.0270. The van der Waals surface area contributed by atoms with Gasteiger partial charge in [0.2, 0.25) is 0 Å². The second kappa shape index (κ2) is 5.80. The summed E-state index contributed by atoms with van der Waals surface area (Å²) in [5.74, 6) is -0.347. The zero-order valence-electron chi connectivity index (χ0n) is 12.9. The van der Waals surface area contributed by atoms with Crippen molar-refractivity contribution in [3.63, 3.8) is 0 Å². The number of alkyl halides is 3. The lowest BCUT2D eigenvalue weighted by atomic mass is 9.92. The van der Waals surface area contributed by atoms with Gasteiger partial charge in [-0.25, -0.2) is 8.42 Å². The highest BCUT2D eigenvalue weighted by Crippen LogP contribution is 2.33. The van der Waals surface area contributed by atoms with Gasteiger partial charge in [0, 0.05) is 5.56 Å². The molecule has 1 heterocycles. The molecule has 1 aliphatic rings. The van der Waals surface area contributed by atoms with Crippen molar-refractivity contribution >= 4 is 15.8 Å². The summed E-state index contributed by atoms with van der Waals surface area (Å²) in [5.41, 5.74) is 0.740. The number of halogens is 3. The summed E-state index contributed by atoms with van der Waals surface area (Å²) in [4.78, 5) is 0.0270. The summed E-state index contributed by atoms with van der Waals surface area (Å²) in [5, 5.41) is 5.28. The van der Waals surface area contributed by atoms with E-state index in [4.69, 9.17) is 0 Å². The number of fused-ring (bicyclic) bond motifs is 1. The van der Waals surface area contributed by atoms with E-state index in [9.17, 15) is 21.6 Å². The molecule has 5 nitrogen and oxygen atoms in total. The van der Waals surface area contributed by atoms with E-state index in [-0.39, 0.29) is 16.3 Å². The van der Waals surface area contributed by atoms with E-state index in [1.54, 1.807) is 12.1 Å². The summed E-state index contributed by atoms with van der Waals surface area (Å²) in [6.45, 7) is 1.16. The van der Waals surface area contributed by atoms with Gasteiger partial charge in [0.1, 0.15) is 5.69 Å². The molecule has 0 amide bonds. The van der Waals surface area contributed by atoms with E-state index in [1.165, 1.54) is 6.07 Å². The summed E-state index contributed by atoms with van der Waals surface area (Å²) >= 11 is 0. The molecular formula is C15H16F3N3O2S. The number of hydrogen-bond acceptors (Lipinski definition) is 3. The van der Waals surface area contributed by atoms with Crippen LogP contribution in [0.2, 0.25) is 0 Å². The maximum Gasteiger partial charge on any atom is 0.433 e. The molecule has 0 aliphatic heterocycles. The zero-order chi connectivity index (χ0) is 17.5. The average Bonchev–Trinajstić information content (AvgIpc) is 2.87. The van der Waals surface area contributed by atoms with Crippen LogP contribution < -0.4 is 4.72 Å². The third-order valence-corrected chi connectivity index (χ3v) is 5.49. The SMILES string of the molecule is Cc1c(NS(=O)(=O)c2ccc3c(c2)CCCC3)n[nH]c1C(F)(F)F. The monoisotopic (exact) mass is 359 g/mol. The lowest BCUT2D eigenvalue weighted by Crippen LogP contribution is -2.15. The molecule has 0 spiro atoms. The Morgan fingerprint density at radius 3 is 2.46 bits per heavy atom. The van der Waals surface area contributed by atoms with Crippen molar-refractivity contribution in [2.45, 2.75) is 43.7 Å². The predicted octanol–water partition coefficient (Wildman–Crippen LogP) is 3.42. The van der Waals surface area contributed by atoms with Crippen LogP contribution in [0.4, 0.5) is 19.0 Å². The number of aryl methyl sites for hydroxylation is 2. The van der Waals surface area contributed by atoms with Crippen LogP contribution >= 0.6 is 0 Å². The number of nitrogens with one attached hydrogen (secondary N) is 2. The van der Waals surface area contributed by atoms with Gasteiger partial charge in [-0.2, -0.15) is 18.3 Å². The van der Waals surface area contributed by atoms with Crippen LogP contribution in [-0.4, -0.2) is 18.6 Å². The molecule has 9 heteroatoms. The number of H-pyrrole nitrogens is 1. The normalized spacial score (nSPS) is 15.2. The molecule has 0 fully saturated rings. The first kappa shape index (κ1) is 16.8. The van der Waals surface area contributed by atoms with Crippen molar-refractivity contribution in [1.82, 2.24) is 10.2 Å². The highest BCUT2D eigenvalue weighted by Gasteiger charge is 2.36. The molecule has 130 valence electrons. The molecule has 24 heavy (non-hydrogen) atoms. The second-order valence-corrected chi connectivity index (χ2v) is 7.50. The summed E-state index contributed by atoms with van der Waals surface area (Å²) in [7, 11) is -4.00. The van der Waals surface area contributed by atoms with Crippen molar-refractivity contribution in [1.29, 1.82) is 0 Å². The van der Waals surface area contributed by atoms with Gasteiger partial charge in [0.05, 0.1) is 4.90 Å². The molecule has 2 N–H and O–H groups in total. The van der Waals surface area contributed by atoms with E-state index in [2.05, 4.69) is 9.82 Å². The molecule has 0 unspecified atom stereocenters. The number of aromatic amines is 1. The van der Waals surface area contributed by atoms with E-state index in [1.807, 2.05) is 5.10 Å². The Hall–Kier alpha value is -2.03. The van der Waals surface area contributed by atoms with Crippen molar-refractivity contribution in [2.24, 2.45) is 0 Å². The van der Waals surface area contributed by atoms with Gasteiger partial charge in [0.15, 0.2) is 5.82 Å². The smallest absolute Gasteiger partial charge is 0.271 e. The van der Waals surface area contributed by atoms with Gasteiger partial charge in [-0.3, -0.25) is 9.82 Å². The molecule has 0 radical (unpaired) electrons. The van der Waals surface area contributed by atoms with Gasteiger partial charge >= 0.3 is 6.18 Å². The lowest BCUT2D eigenvalue weighted by molar-refractivity contribution is -0.141. The number of nitrogens with zero attached hydrogens (tertiary/aromatic N) is 1. The first-order valence-corrected chi connectivity index (χ1v) is 8.93. The number of benzene rings is 1. The van der Waals surface area contributed by atoms with Gasteiger partial charge in [0.25, 0.3) is 10.0 Å². The third kappa shape index (κ3) is 3.12. The second-order valence-electron chi connectivity index (χ2n) is 5.81. The Morgan fingerprint density at radius 1 is 1.17 bits per heavy atom. The third-order valence-electron chi connectivity index (χ3n) is 4.15. The largest absolute Gasteiger partial charge is 0.433 e. The quantitative estimate of drug-likeness (QED) is 0.882. The maximum atomic E-state index is 12.8. The number of aromatic nitrogens is 2. The fourth-order valence-electron chi connectivity index (χ4n) is 2.84. The fraction of sp³-hybridized carbons (Fsp3) is 0.400. The van der Waals surface area contributed by atoms with Crippen LogP contribution in [0.3, 0.4) is 0 Å². The maximum absolute atomic E-state index is 12.8. The van der Waals surface area contributed by atoms with Crippen LogP contribution in [-0.2, 0) is 29.0 Å².